The first-order valence-electron chi connectivity index (χ1n) is 16.7. The minimum absolute atomic E-state index is 0.00949. The van der Waals surface area contributed by atoms with Crippen LogP contribution >= 0.6 is 11.8 Å². The van der Waals surface area contributed by atoms with Gasteiger partial charge in [0.1, 0.15) is 5.60 Å². The third kappa shape index (κ3) is 13.1. The molecule has 7 unspecified atom stereocenters. The Balaban J connectivity index is 3.03. The Labute approximate surface area is 277 Å². The molecule has 2 N–H and O–H groups in total. The molecule has 1 aliphatic heterocycles. The van der Waals surface area contributed by atoms with Crippen LogP contribution in [-0.4, -0.2) is 115 Å². The van der Waals surface area contributed by atoms with E-state index >= 15 is 0 Å². The highest BCUT2D eigenvalue weighted by Crippen LogP contribution is 2.31. The average molecular weight is 657 g/mol. The van der Waals surface area contributed by atoms with Gasteiger partial charge >= 0.3 is 5.97 Å². The Morgan fingerprint density at radius 1 is 1.02 bits per heavy atom. The molecule has 0 spiro atoms. The maximum absolute atomic E-state index is 13.8. The first kappa shape index (κ1) is 41.3. The number of thioether (sulfide) groups is 1. The van der Waals surface area contributed by atoms with Gasteiger partial charge in [0.15, 0.2) is 5.78 Å². The number of nitrogens with zero attached hydrogens (tertiary/aromatic N) is 2. The van der Waals surface area contributed by atoms with Gasteiger partial charge in [0.25, 0.3) is 0 Å². The molecule has 1 fully saturated rings. The van der Waals surface area contributed by atoms with Gasteiger partial charge in [-0.1, -0.05) is 48.0 Å². The highest BCUT2D eigenvalue weighted by Gasteiger charge is 2.39. The van der Waals surface area contributed by atoms with E-state index in [1.54, 1.807) is 18.9 Å². The second-order valence-electron chi connectivity index (χ2n) is 14.5. The Morgan fingerprint density at radius 2 is 1.64 bits per heavy atom. The summed E-state index contributed by atoms with van der Waals surface area (Å²) in [5.74, 6) is -0.382. The summed E-state index contributed by atoms with van der Waals surface area (Å²) < 4.78 is 11.5. The number of ether oxygens (including phenoxy) is 2. The van der Waals surface area contributed by atoms with Crippen molar-refractivity contribution in [3.8, 4) is 0 Å². The van der Waals surface area contributed by atoms with Crippen LogP contribution in [0.4, 0.5) is 0 Å². The topological polar surface area (TPSA) is 117 Å². The molecule has 11 heteroatoms. The fraction of sp³-hybridized carbons (Fsp3) is 0.882. The average Bonchev–Trinajstić information content (AvgIpc) is 3.42. The third-order valence-corrected chi connectivity index (χ3v) is 9.84. The zero-order valence-electron chi connectivity index (χ0n) is 30.4. The van der Waals surface area contributed by atoms with Crippen molar-refractivity contribution in [3.05, 3.63) is 0 Å². The molecule has 0 saturated carbocycles. The van der Waals surface area contributed by atoms with Crippen LogP contribution in [0.3, 0.4) is 0 Å². The summed E-state index contributed by atoms with van der Waals surface area (Å²) in [6.07, 6.45) is 4.50. The SMILES string of the molecule is CCC(C)C(NCC(=O)C(NC(=O)C(C(C)C)N(C)C)C(C)C)C(CC(=O)N1CCCC1C(CC(=O)OC(C)(C)C)SC)OC. The number of likely N-dealkylation sites (N-methyl/N-ethyl adjacent to an activating group) is 1. The van der Waals surface area contributed by atoms with Crippen molar-refractivity contribution in [3.63, 3.8) is 0 Å². The number of likely N-dealkylation sites (tertiary alicyclic amines) is 1. The number of esters is 1. The quantitative estimate of drug-likeness (QED) is 0.198. The number of ketones is 1. The molecule has 0 aromatic heterocycles. The van der Waals surface area contributed by atoms with E-state index in [1.165, 1.54) is 0 Å². The maximum atomic E-state index is 13.8. The summed E-state index contributed by atoms with van der Waals surface area (Å²) >= 11 is 1.60. The van der Waals surface area contributed by atoms with Gasteiger partial charge < -0.3 is 25.0 Å². The van der Waals surface area contributed by atoms with Gasteiger partial charge in [-0.15, -0.1) is 0 Å². The molecule has 0 aliphatic carbocycles. The lowest BCUT2D eigenvalue weighted by atomic mass is 9.91. The number of Topliss-reactive ketones (excluding diaryl/α,β-unsaturated/α-hetero) is 1. The van der Waals surface area contributed by atoms with E-state index in [9.17, 15) is 19.2 Å². The third-order valence-electron chi connectivity index (χ3n) is 8.76. The van der Waals surface area contributed by atoms with E-state index in [0.717, 1.165) is 19.3 Å². The Kier molecular flexibility index (Phi) is 17.6. The molecule has 1 heterocycles. The van der Waals surface area contributed by atoms with E-state index in [4.69, 9.17) is 9.47 Å². The molecule has 0 aromatic rings. The first-order valence-corrected chi connectivity index (χ1v) is 18.0. The molecule has 1 saturated heterocycles. The number of nitrogens with one attached hydrogen (secondary N) is 2. The summed E-state index contributed by atoms with van der Waals surface area (Å²) in [4.78, 5) is 56.9. The van der Waals surface area contributed by atoms with Gasteiger partial charge in [-0.05, 0) is 71.7 Å². The van der Waals surface area contributed by atoms with Crippen LogP contribution in [0.1, 0.15) is 94.4 Å². The standard InChI is InChI=1S/C34H64N4O6S/c1-14-23(6)31(35-20-25(39)30(21(2)3)36-33(42)32(22(4)5)37(10)11)26(43-12)18-28(40)38-17-15-16-24(38)27(45-13)19-29(41)44-34(7,8)9/h21-24,26-27,30-32,35H,14-20H2,1-13H3,(H,36,42). The molecule has 0 aromatic carbocycles. The highest BCUT2D eigenvalue weighted by molar-refractivity contribution is 7.99. The number of carbonyl (C=O) groups is 4. The zero-order valence-corrected chi connectivity index (χ0v) is 31.2. The van der Waals surface area contributed by atoms with Crippen LogP contribution in [0.15, 0.2) is 0 Å². The minimum atomic E-state index is -0.634. The molecule has 1 aliphatic rings. The lowest BCUT2D eigenvalue weighted by Gasteiger charge is -2.35. The molecule has 1 rings (SSSR count). The highest BCUT2D eigenvalue weighted by atomic mass is 32.2. The van der Waals surface area contributed by atoms with E-state index in [2.05, 4.69) is 24.5 Å². The first-order chi connectivity index (χ1) is 20.9. The number of methoxy groups -OCH3 is 1. The molecule has 45 heavy (non-hydrogen) atoms. The largest absolute Gasteiger partial charge is 0.460 e. The Morgan fingerprint density at radius 3 is 2.11 bits per heavy atom. The summed E-state index contributed by atoms with van der Waals surface area (Å²) in [6.45, 7) is 18.3. The van der Waals surface area contributed by atoms with Gasteiger partial charge in [0, 0.05) is 31.0 Å². The van der Waals surface area contributed by atoms with Gasteiger partial charge in [-0.3, -0.25) is 24.1 Å². The number of amides is 2. The lowest BCUT2D eigenvalue weighted by molar-refractivity contribution is -0.155. The van der Waals surface area contributed by atoms with E-state index < -0.39 is 17.7 Å². The molecule has 0 bridgehead atoms. The van der Waals surface area contributed by atoms with Crippen molar-refractivity contribution in [2.24, 2.45) is 17.8 Å². The van der Waals surface area contributed by atoms with E-state index in [-0.39, 0.29) is 84.1 Å². The summed E-state index contributed by atoms with van der Waals surface area (Å²) in [5.41, 5.74) is -0.556. The summed E-state index contributed by atoms with van der Waals surface area (Å²) in [6, 6.07) is -1.28. The van der Waals surface area contributed by atoms with Crippen LogP contribution in [0.2, 0.25) is 0 Å². The molecular weight excluding hydrogens is 592 g/mol. The second-order valence-corrected chi connectivity index (χ2v) is 15.6. The number of hydrogen-bond donors (Lipinski definition) is 2. The van der Waals surface area contributed by atoms with Crippen LogP contribution < -0.4 is 10.6 Å². The summed E-state index contributed by atoms with van der Waals surface area (Å²) in [7, 11) is 5.34. The molecule has 10 nitrogen and oxygen atoms in total. The van der Waals surface area contributed by atoms with Crippen LogP contribution in [0.5, 0.6) is 0 Å². The van der Waals surface area contributed by atoms with Gasteiger partial charge in [-0.25, -0.2) is 0 Å². The van der Waals surface area contributed by atoms with Gasteiger partial charge in [0.2, 0.25) is 11.8 Å². The molecule has 262 valence electrons. The normalized spacial score (nSPS) is 19.7. The predicted molar refractivity (Wildman–Crippen MR) is 183 cm³/mol. The summed E-state index contributed by atoms with van der Waals surface area (Å²) in [5, 5.41) is 6.37. The van der Waals surface area contributed by atoms with Crippen LogP contribution in [0, 0.1) is 17.8 Å². The van der Waals surface area contributed by atoms with Crippen molar-refractivity contribution < 1.29 is 28.7 Å². The smallest absolute Gasteiger partial charge is 0.307 e. The predicted octanol–water partition coefficient (Wildman–Crippen LogP) is 4.15. The van der Waals surface area contributed by atoms with E-state index in [0.29, 0.717) is 6.54 Å². The lowest BCUT2D eigenvalue weighted by Crippen LogP contribution is -2.56. The molecule has 2 amide bonds. The zero-order chi connectivity index (χ0) is 34.6. The molecule has 0 radical (unpaired) electrons. The second kappa shape index (κ2) is 19.2. The van der Waals surface area contributed by atoms with Gasteiger partial charge in [0.05, 0.1) is 37.6 Å². The Hall–Kier alpha value is -1.69. The minimum Gasteiger partial charge on any atom is -0.460 e. The number of rotatable bonds is 19. The van der Waals surface area contributed by atoms with Gasteiger partial charge in [-0.2, -0.15) is 11.8 Å². The van der Waals surface area contributed by atoms with Crippen molar-refractivity contribution >= 4 is 35.3 Å². The van der Waals surface area contributed by atoms with Crippen molar-refractivity contribution in [1.82, 2.24) is 20.4 Å². The fourth-order valence-electron chi connectivity index (χ4n) is 6.33. The van der Waals surface area contributed by atoms with Crippen molar-refractivity contribution in [2.45, 2.75) is 136 Å². The fourth-order valence-corrected chi connectivity index (χ4v) is 7.23. The number of carbonyl (C=O) groups excluding carboxylic acids is 4. The molecular formula is C34H64N4O6S. The van der Waals surface area contributed by atoms with Crippen LogP contribution in [0.25, 0.3) is 0 Å². The van der Waals surface area contributed by atoms with Crippen molar-refractivity contribution in [2.75, 3.05) is 40.6 Å². The Bertz CT molecular complexity index is 945. The van der Waals surface area contributed by atoms with Crippen LogP contribution in [-0.2, 0) is 28.7 Å². The maximum Gasteiger partial charge on any atom is 0.307 e. The van der Waals surface area contributed by atoms with E-state index in [1.807, 2.05) is 78.6 Å². The monoisotopic (exact) mass is 656 g/mol. The number of hydrogen-bond acceptors (Lipinski definition) is 9. The van der Waals surface area contributed by atoms with Crippen molar-refractivity contribution in [1.29, 1.82) is 0 Å². The molecule has 7 atom stereocenters.